The molecule has 8 nitrogen and oxygen atoms in total. The summed E-state index contributed by atoms with van der Waals surface area (Å²) in [6, 6.07) is 6.61. The van der Waals surface area contributed by atoms with Crippen molar-refractivity contribution in [3.05, 3.63) is 48.0 Å². The number of rotatable bonds is 6. The normalized spacial score (nSPS) is 15.1. The Morgan fingerprint density at radius 3 is 2.53 bits per heavy atom. The van der Waals surface area contributed by atoms with E-state index in [2.05, 4.69) is 10.3 Å². The highest BCUT2D eigenvalue weighted by molar-refractivity contribution is 7.89. The van der Waals surface area contributed by atoms with Gasteiger partial charge in [0.15, 0.2) is 0 Å². The third-order valence-corrected chi connectivity index (χ3v) is 6.74. The lowest BCUT2D eigenvalue weighted by atomic mass is 10.2. The number of amides is 2. The molecule has 0 spiro atoms. The van der Waals surface area contributed by atoms with Crippen molar-refractivity contribution in [3.63, 3.8) is 0 Å². The van der Waals surface area contributed by atoms with E-state index in [9.17, 15) is 22.4 Å². The smallest absolute Gasteiger partial charge is 0.270 e. The SMILES string of the molecule is CN(CC(=O)Nc1cccc(F)c1)S(=O)(=O)c1c[nH]c(C(=O)N2CCCCCC2)c1. The van der Waals surface area contributed by atoms with Gasteiger partial charge < -0.3 is 15.2 Å². The van der Waals surface area contributed by atoms with E-state index in [1.54, 1.807) is 4.90 Å². The van der Waals surface area contributed by atoms with Crippen molar-refractivity contribution in [2.24, 2.45) is 0 Å². The van der Waals surface area contributed by atoms with E-state index >= 15 is 0 Å². The fourth-order valence-corrected chi connectivity index (χ4v) is 4.45. The number of H-pyrrole nitrogens is 1. The van der Waals surface area contributed by atoms with Gasteiger partial charge in [0.1, 0.15) is 16.4 Å². The maximum atomic E-state index is 13.2. The lowest BCUT2D eigenvalue weighted by Crippen LogP contribution is -2.35. The molecule has 1 aliphatic heterocycles. The van der Waals surface area contributed by atoms with Gasteiger partial charge in [-0.2, -0.15) is 4.31 Å². The quantitative estimate of drug-likeness (QED) is 0.726. The summed E-state index contributed by atoms with van der Waals surface area (Å²) in [6.07, 6.45) is 5.27. The Bertz CT molecular complexity index is 1010. The zero-order valence-electron chi connectivity index (χ0n) is 16.7. The van der Waals surface area contributed by atoms with Crippen LogP contribution in [-0.2, 0) is 14.8 Å². The molecule has 1 aromatic carbocycles. The Morgan fingerprint density at radius 2 is 1.87 bits per heavy atom. The summed E-state index contributed by atoms with van der Waals surface area (Å²) in [5, 5.41) is 2.46. The first kappa shape index (κ1) is 22.0. The third-order valence-electron chi connectivity index (χ3n) is 4.96. The minimum Gasteiger partial charge on any atom is -0.356 e. The van der Waals surface area contributed by atoms with E-state index in [1.807, 2.05) is 0 Å². The van der Waals surface area contributed by atoms with Crippen LogP contribution < -0.4 is 5.32 Å². The Balaban J connectivity index is 1.65. The molecular weight excluding hydrogens is 411 g/mol. The van der Waals surface area contributed by atoms with E-state index in [0.717, 1.165) is 36.1 Å². The van der Waals surface area contributed by atoms with Crippen LogP contribution in [-0.4, -0.2) is 61.1 Å². The molecule has 10 heteroatoms. The van der Waals surface area contributed by atoms with Gasteiger partial charge in [-0.15, -0.1) is 0 Å². The Labute approximate surface area is 175 Å². The molecule has 2 aromatic rings. The molecule has 30 heavy (non-hydrogen) atoms. The van der Waals surface area contributed by atoms with Gasteiger partial charge in [0.05, 0.1) is 6.54 Å². The van der Waals surface area contributed by atoms with Gasteiger partial charge in [-0.25, -0.2) is 12.8 Å². The molecule has 0 saturated carbocycles. The molecule has 0 unspecified atom stereocenters. The first-order valence-electron chi connectivity index (χ1n) is 9.77. The number of aromatic nitrogens is 1. The molecule has 2 amide bonds. The maximum Gasteiger partial charge on any atom is 0.270 e. The summed E-state index contributed by atoms with van der Waals surface area (Å²) < 4.78 is 39.7. The van der Waals surface area contributed by atoms with E-state index in [4.69, 9.17) is 0 Å². The molecule has 162 valence electrons. The van der Waals surface area contributed by atoms with Crippen LogP contribution in [0.3, 0.4) is 0 Å². The standard InChI is InChI=1S/C20H25FN4O4S/c1-24(14-19(26)23-16-8-6-7-15(21)11-16)30(28,29)17-12-18(22-13-17)20(27)25-9-4-2-3-5-10-25/h6-8,11-13,22H,2-5,9-10,14H2,1H3,(H,23,26). The first-order chi connectivity index (χ1) is 14.3. The van der Waals surface area contributed by atoms with Crippen molar-refractivity contribution in [2.75, 3.05) is 32.0 Å². The first-order valence-corrected chi connectivity index (χ1v) is 11.2. The van der Waals surface area contributed by atoms with Crippen LogP contribution in [0.4, 0.5) is 10.1 Å². The fraction of sp³-hybridized carbons (Fsp3) is 0.400. The summed E-state index contributed by atoms with van der Waals surface area (Å²) in [7, 11) is -2.72. The molecule has 0 atom stereocenters. The number of nitrogens with zero attached hydrogens (tertiary/aromatic N) is 2. The Morgan fingerprint density at radius 1 is 1.17 bits per heavy atom. The minimum atomic E-state index is -3.99. The number of sulfonamides is 1. The van der Waals surface area contributed by atoms with E-state index in [-0.39, 0.29) is 22.2 Å². The zero-order valence-corrected chi connectivity index (χ0v) is 17.5. The van der Waals surface area contributed by atoms with Crippen LogP contribution >= 0.6 is 0 Å². The third kappa shape index (κ3) is 5.25. The molecule has 2 N–H and O–H groups in total. The number of nitrogens with one attached hydrogen (secondary N) is 2. The average Bonchev–Trinajstić information content (AvgIpc) is 3.04. The van der Waals surface area contributed by atoms with Gasteiger partial charge in [-0.05, 0) is 37.1 Å². The van der Waals surface area contributed by atoms with Crippen molar-refractivity contribution in [3.8, 4) is 0 Å². The Hall–Kier alpha value is -2.72. The number of likely N-dealkylation sites (N-methyl/N-ethyl adjacent to an activating group) is 1. The number of hydrogen-bond acceptors (Lipinski definition) is 4. The van der Waals surface area contributed by atoms with Gasteiger partial charge in [0.2, 0.25) is 15.9 Å². The van der Waals surface area contributed by atoms with Crippen molar-refractivity contribution in [1.29, 1.82) is 0 Å². The molecule has 2 heterocycles. The fourth-order valence-electron chi connectivity index (χ4n) is 3.32. The molecule has 3 rings (SSSR count). The minimum absolute atomic E-state index is 0.0956. The lowest BCUT2D eigenvalue weighted by molar-refractivity contribution is -0.116. The largest absolute Gasteiger partial charge is 0.356 e. The van der Waals surface area contributed by atoms with Gasteiger partial charge in [-0.1, -0.05) is 18.9 Å². The number of benzene rings is 1. The van der Waals surface area contributed by atoms with Gasteiger partial charge in [-0.3, -0.25) is 9.59 Å². The summed E-state index contributed by atoms with van der Waals surface area (Å²) in [5.74, 6) is -1.35. The molecule has 1 fully saturated rings. The monoisotopic (exact) mass is 436 g/mol. The molecule has 1 saturated heterocycles. The highest BCUT2D eigenvalue weighted by Gasteiger charge is 2.26. The van der Waals surface area contributed by atoms with Crippen LogP contribution in [0.25, 0.3) is 0 Å². The second kappa shape index (κ2) is 9.40. The number of hydrogen-bond donors (Lipinski definition) is 2. The van der Waals surface area contributed by atoms with Crippen molar-refractivity contribution in [1.82, 2.24) is 14.2 Å². The highest BCUT2D eigenvalue weighted by Crippen LogP contribution is 2.19. The molecule has 0 radical (unpaired) electrons. The molecule has 0 bridgehead atoms. The zero-order chi connectivity index (χ0) is 21.7. The van der Waals surface area contributed by atoms with Gasteiger partial charge >= 0.3 is 0 Å². The van der Waals surface area contributed by atoms with Gasteiger partial charge in [0, 0.05) is 32.0 Å². The molecular formula is C20H25FN4O4S. The van der Waals surface area contributed by atoms with E-state index in [0.29, 0.717) is 13.1 Å². The number of halogens is 1. The number of carbonyl (C=O) groups excluding carboxylic acids is 2. The summed E-state index contributed by atoms with van der Waals surface area (Å²) in [6.45, 7) is 0.847. The number of anilines is 1. The number of likely N-dealkylation sites (tertiary alicyclic amines) is 1. The maximum absolute atomic E-state index is 13.2. The average molecular weight is 437 g/mol. The topological polar surface area (TPSA) is 103 Å². The molecule has 0 aliphatic carbocycles. The van der Waals surface area contributed by atoms with Crippen molar-refractivity contribution < 1.29 is 22.4 Å². The van der Waals surface area contributed by atoms with Crippen LogP contribution in [0.15, 0.2) is 41.4 Å². The van der Waals surface area contributed by atoms with Crippen LogP contribution in [0.5, 0.6) is 0 Å². The van der Waals surface area contributed by atoms with E-state index in [1.165, 1.54) is 37.5 Å². The van der Waals surface area contributed by atoms with Crippen LogP contribution in [0.1, 0.15) is 36.2 Å². The summed E-state index contributed by atoms with van der Waals surface area (Å²) in [4.78, 5) is 29.2. The van der Waals surface area contributed by atoms with Crippen molar-refractivity contribution in [2.45, 2.75) is 30.6 Å². The molecule has 1 aliphatic rings. The number of carbonyl (C=O) groups is 2. The predicted octanol–water partition coefficient (Wildman–Crippen LogP) is 2.43. The summed E-state index contributed by atoms with van der Waals surface area (Å²) in [5.41, 5.74) is 0.436. The molecule has 1 aromatic heterocycles. The number of aromatic amines is 1. The lowest BCUT2D eigenvalue weighted by Gasteiger charge is -2.19. The van der Waals surface area contributed by atoms with Gasteiger partial charge in [0.25, 0.3) is 5.91 Å². The van der Waals surface area contributed by atoms with E-state index < -0.39 is 28.3 Å². The summed E-state index contributed by atoms with van der Waals surface area (Å²) >= 11 is 0. The van der Waals surface area contributed by atoms with Crippen molar-refractivity contribution >= 4 is 27.5 Å². The van der Waals surface area contributed by atoms with Crippen LogP contribution in [0.2, 0.25) is 0 Å². The highest BCUT2D eigenvalue weighted by atomic mass is 32.2. The Kier molecular flexibility index (Phi) is 6.88. The second-order valence-electron chi connectivity index (χ2n) is 7.28. The predicted molar refractivity (Wildman–Crippen MR) is 110 cm³/mol. The van der Waals surface area contributed by atoms with Crippen LogP contribution in [0, 0.1) is 5.82 Å². The second-order valence-corrected chi connectivity index (χ2v) is 9.32.